The maximum absolute atomic E-state index is 10.9. The van der Waals surface area contributed by atoms with Crippen LogP contribution >= 0.6 is 23.7 Å². The molecule has 0 N–H and O–H groups in total. The molecule has 2 heterocycles. The van der Waals surface area contributed by atoms with E-state index in [2.05, 4.69) is 18.2 Å². The summed E-state index contributed by atoms with van der Waals surface area (Å²) in [7, 11) is 0. The molecule has 0 aliphatic carbocycles. The van der Waals surface area contributed by atoms with E-state index in [4.69, 9.17) is 5.10 Å². The van der Waals surface area contributed by atoms with E-state index in [1.807, 2.05) is 34.7 Å². The van der Waals surface area contributed by atoms with Crippen molar-refractivity contribution in [2.75, 3.05) is 5.01 Å². The summed E-state index contributed by atoms with van der Waals surface area (Å²) in [5.41, 5.74) is 3.16. The van der Waals surface area contributed by atoms with Gasteiger partial charge in [-0.15, -0.1) is 23.7 Å². The molecule has 26 heavy (non-hydrogen) atoms. The molecule has 0 amide bonds. The van der Waals surface area contributed by atoms with E-state index in [0.29, 0.717) is 0 Å². The number of non-ortho nitro benzene ring substituents is 1. The highest BCUT2D eigenvalue weighted by atomic mass is 35.5. The summed E-state index contributed by atoms with van der Waals surface area (Å²) in [5.74, 6) is 0. The number of halogens is 1. The number of thiophene rings is 1. The Balaban J connectivity index is 0.00000196. The molecule has 1 unspecified atom stereocenters. The van der Waals surface area contributed by atoms with Crippen LogP contribution in [0.2, 0.25) is 0 Å². The maximum atomic E-state index is 10.9. The van der Waals surface area contributed by atoms with Crippen LogP contribution in [-0.2, 0) is 0 Å². The Morgan fingerprint density at radius 2 is 1.77 bits per heavy atom. The summed E-state index contributed by atoms with van der Waals surface area (Å²) in [6.45, 7) is 0. The molecule has 0 bridgehead atoms. The zero-order valence-corrected chi connectivity index (χ0v) is 15.3. The van der Waals surface area contributed by atoms with E-state index < -0.39 is 0 Å². The Hall–Kier alpha value is -2.70. The van der Waals surface area contributed by atoms with Crippen molar-refractivity contribution in [2.45, 2.75) is 12.5 Å². The van der Waals surface area contributed by atoms with Crippen molar-refractivity contribution in [3.63, 3.8) is 0 Å². The topological polar surface area (TPSA) is 58.7 Å². The van der Waals surface area contributed by atoms with Crippen LogP contribution in [-0.4, -0.2) is 10.6 Å². The summed E-state index contributed by atoms with van der Waals surface area (Å²) in [6, 6.07) is 21.0. The average molecular weight is 386 g/mol. The Morgan fingerprint density at radius 3 is 2.38 bits per heavy atom. The predicted octanol–water partition coefficient (Wildman–Crippen LogP) is 5.43. The summed E-state index contributed by atoms with van der Waals surface area (Å²) in [6.07, 6.45) is 0.807. The normalized spacial score (nSPS) is 16.1. The van der Waals surface area contributed by atoms with Gasteiger partial charge in [0.15, 0.2) is 0 Å². The first-order valence-corrected chi connectivity index (χ1v) is 8.80. The molecule has 1 aromatic heterocycles. The molecule has 132 valence electrons. The van der Waals surface area contributed by atoms with Crippen LogP contribution in [0.3, 0.4) is 0 Å². The van der Waals surface area contributed by atoms with E-state index in [1.54, 1.807) is 23.5 Å². The Morgan fingerprint density at radius 1 is 1.04 bits per heavy atom. The highest BCUT2D eigenvalue weighted by molar-refractivity contribution is 7.12. The van der Waals surface area contributed by atoms with Crippen LogP contribution in [0.25, 0.3) is 0 Å². The molecule has 1 atom stereocenters. The lowest BCUT2D eigenvalue weighted by atomic mass is 10.0. The Kier molecular flexibility index (Phi) is 5.35. The van der Waals surface area contributed by atoms with Crippen LogP contribution in [0.4, 0.5) is 11.4 Å². The summed E-state index contributed by atoms with van der Waals surface area (Å²) < 4.78 is 0. The largest absolute Gasteiger partial charge is 0.269 e. The zero-order chi connectivity index (χ0) is 17.2. The standard InChI is InChI=1S/C19H15N3O2S.ClH/c23-22(24)16-10-8-15(9-11-16)21-18(14-5-2-1-3-6-14)13-17(20-21)19-7-4-12-25-19;/h1-12,18H,13H2;1H. The molecule has 7 heteroatoms. The molecule has 1 aliphatic heterocycles. The van der Waals surface area contributed by atoms with Gasteiger partial charge in [0.05, 0.1) is 27.2 Å². The number of hydrogen-bond acceptors (Lipinski definition) is 5. The Bertz CT molecular complexity index is 912. The Labute approximate surface area is 161 Å². The monoisotopic (exact) mass is 385 g/mol. The fourth-order valence-electron chi connectivity index (χ4n) is 3.00. The van der Waals surface area contributed by atoms with Crippen LogP contribution in [0.1, 0.15) is 22.9 Å². The average Bonchev–Trinajstić information content (AvgIpc) is 3.32. The van der Waals surface area contributed by atoms with Crippen LogP contribution in [0.15, 0.2) is 77.2 Å². The maximum Gasteiger partial charge on any atom is 0.269 e. The molecule has 1 aliphatic rings. The van der Waals surface area contributed by atoms with Gasteiger partial charge in [0.25, 0.3) is 5.69 Å². The van der Waals surface area contributed by atoms with Crippen LogP contribution in [0.5, 0.6) is 0 Å². The van der Waals surface area contributed by atoms with Crippen molar-refractivity contribution >= 4 is 40.8 Å². The van der Waals surface area contributed by atoms with E-state index >= 15 is 0 Å². The molecule has 5 nitrogen and oxygen atoms in total. The van der Waals surface area contributed by atoms with E-state index in [9.17, 15) is 10.1 Å². The first-order chi connectivity index (χ1) is 12.2. The molecule has 4 rings (SSSR count). The van der Waals surface area contributed by atoms with Gasteiger partial charge in [0.1, 0.15) is 0 Å². The van der Waals surface area contributed by atoms with Crippen molar-refractivity contribution in [3.05, 3.63) is 92.7 Å². The van der Waals surface area contributed by atoms with Crippen molar-refractivity contribution < 1.29 is 4.92 Å². The third kappa shape index (κ3) is 3.47. The van der Waals surface area contributed by atoms with E-state index in [0.717, 1.165) is 22.7 Å². The fraction of sp³-hybridized carbons (Fsp3) is 0.105. The molecule has 2 aromatic carbocycles. The van der Waals surface area contributed by atoms with E-state index in [-0.39, 0.29) is 29.1 Å². The molecule has 0 spiro atoms. The second-order valence-corrected chi connectivity index (χ2v) is 6.72. The molecular weight excluding hydrogens is 370 g/mol. The number of benzene rings is 2. The van der Waals surface area contributed by atoms with Crippen LogP contribution < -0.4 is 5.01 Å². The van der Waals surface area contributed by atoms with Crippen LogP contribution in [0, 0.1) is 10.1 Å². The third-order valence-electron chi connectivity index (χ3n) is 4.23. The molecule has 0 radical (unpaired) electrons. The smallest absolute Gasteiger partial charge is 0.258 e. The minimum Gasteiger partial charge on any atom is -0.258 e. The molecule has 3 aromatic rings. The van der Waals surface area contributed by atoms with E-state index in [1.165, 1.54) is 17.7 Å². The second-order valence-electron chi connectivity index (χ2n) is 5.77. The lowest BCUT2D eigenvalue weighted by molar-refractivity contribution is -0.384. The quantitative estimate of drug-likeness (QED) is 0.444. The number of hydrazone groups is 1. The number of nitro groups is 1. The number of rotatable bonds is 4. The second kappa shape index (κ2) is 7.68. The van der Waals surface area contributed by atoms with Crippen molar-refractivity contribution in [2.24, 2.45) is 5.10 Å². The molecule has 0 fully saturated rings. The minimum atomic E-state index is -0.386. The third-order valence-corrected chi connectivity index (χ3v) is 5.14. The zero-order valence-electron chi connectivity index (χ0n) is 13.7. The van der Waals surface area contributed by atoms with Crippen molar-refractivity contribution in [3.8, 4) is 0 Å². The van der Waals surface area contributed by atoms with Gasteiger partial charge in [0.2, 0.25) is 0 Å². The van der Waals surface area contributed by atoms with Gasteiger partial charge >= 0.3 is 0 Å². The number of nitrogens with zero attached hydrogens (tertiary/aromatic N) is 3. The van der Waals surface area contributed by atoms with Gasteiger partial charge < -0.3 is 0 Å². The highest BCUT2D eigenvalue weighted by Crippen LogP contribution is 2.37. The lowest BCUT2D eigenvalue weighted by Crippen LogP contribution is -2.18. The molecular formula is C19H16ClN3O2S. The lowest BCUT2D eigenvalue weighted by Gasteiger charge is -2.23. The van der Waals surface area contributed by atoms with Gasteiger partial charge in [-0.3, -0.25) is 15.1 Å². The summed E-state index contributed by atoms with van der Waals surface area (Å²) in [5, 5.41) is 19.7. The molecule has 0 saturated carbocycles. The molecule has 0 saturated heterocycles. The number of nitro benzene ring substituents is 1. The number of anilines is 1. The first kappa shape index (κ1) is 18.1. The number of hydrogen-bond donors (Lipinski definition) is 0. The van der Waals surface area contributed by atoms with Gasteiger partial charge in [-0.25, -0.2) is 0 Å². The van der Waals surface area contributed by atoms with Gasteiger partial charge in [-0.2, -0.15) is 5.10 Å². The highest BCUT2D eigenvalue weighted by Gasteiger charge is 2.30. The fourth-order valence-corrected chi connectivity index (χ4v) is 3.72. The summed E-state index contributed by atoms with van der Waals surface area (Å²) in [4.78, 5) is 11.7. The van der Waals surface area contributed by atoms with Gasteiger partial charge in [-0.1, -0.05) is 36.4 Å². The first-order valence-electron chi connectivity index (χ1n) is 7.92. The van der Waals surface area contributed by atoms with Crippen molar-refractivity contribution in [1.29, 1.82) is 0 Å². The predicted molar refractivity (Wildman–Crippen MR) is 107 cm³/mol. The van der Waals surface area contributed by atoms with Crippen molar-refractivity contribution in [1.82, 2.24) is 0 Å². The minimum absolute atomic E-state index is 0. The van der Waals surface area contributed by atoms with Gasteiger partial charge in [0, 0.05) is 18.6 Å². The van der Waals surface area contributed by atoms with Gasteiger partial charge in [-0.05, 0) is 29.1 Å². The summed E-state index contributed by atoms with van der Waals surface area (Å²) >= 11 is 1.67. The SMILES string of the molecule is Cl.O=[N+]([O-])c1ccc(N2N=C(c3cccs3)CC2c2ccccc2)cc1.